The normalized spacial score (nSPS) is 18.8. The summed E-state index contributed by atoms with van der Waals surface area (Å²) < 4.78 is 11.5. The lowest BCUT2D eigenvalue weighted by molar-refractivity contribution is -0.124. The zero-order chi connectivity index (χ0) is 21.0. The molecule has 2 heterocycles. The molecule has 1 saturated carbocycles. The van der Waals surface area contributed by atoms with Gasteiger partial charge in [0.25, 0.3) is 5.91 Å². The second-order valence-corrected chi connectivity index (χ2v) is 9.12. The summed E-state index contributed by atoms with van der Waals surface area (Å²) in [7, 11) is 1.57. The van der Waals surface area contributed by atoms with Crippen LogP contribution in [0.4, 0.5) is 0 Å². The molecule has 160 valence electrons. The molecule has 0 spiro atoms. The maximum Gasteiger partial charge on any atom is 0.270 e. The average molecular weight is 404 g/mol. The summed E-state index contributed by atoms with van der Waals surface area (Å²) in [5.41, 5.74) is 0.924. The van der Waals surface area contributed by atoms with Crippen molar-refractivity contribution in [2.75, 3.05) is 26.9 Å². The van der Waals surface area contributed by atoms with Crippen LogP contribution in [0.2, 0.25) is 0 Å². The van der Waals surface area contributed by atoms with E-state index in [2.05, 4.69) is 15.6 Å². The highest BCUT2D eigenvalue weighted by Crippen LogP contribution is 2.43. The molecule has 1 aromatic heterocycles. The number of aromatic nitrogens is 1. The van der Waals surface area contributed by atoms with Crippen LogP contribution in [0.1, 0.15) is 68.4 Å². The van der Waals surface area contributed by atoms with E-state index in [1.165, 1.54) is 0 Å². The van der Waals surface area contributed by atoms with Gasteiger partial charge in [-0.05, 0) is 49.0 Å². The summed E-state index contributed by atoms with van der Waals surface area (Å²) in [4.78, 5) is 29.6. The number of amides is 2. The van der Waals surface area contributed by atoms with Gasteiger partial charge in [-0.3, -0.25) is 9.59 Å². The second kappa shape index (κ2) is 9.11. The molecule has 7 heteroatoms. The number of carbonyl (C=O) groups is 2. The molecule has 1 aliphatic heterocycles. The predicted molar refractivity (Wildman–Crippen MR) is 110 cm³/mol. The van der Waals surface area contributed by atoms with Gasteiger partial charge >= 0.3 is 0 Å². The topological polar surface area (TPSA) is 89.6 Å². The number of carbonyl (C=O) groups excluding carboxylic acids is 2. The minimum Gasteiger partial charge on any atom is -0.477 e. The van der Waals surface area contributed by atoms with Crippen molar-refractivity contribution < 1.29 is 19.1 Å². The molecule has 1 aromatic rings. The lowest BCUT2D eigenvalue weighted by Crippen LogP contribution is -2.53. The van der Waals surface area contributed by atoms with E-state index in [-0.39, 0.29) is 17.5 Å². The highest BCUT2D eigenvalue weighted by Gasteiger charge is 2.33. The smallest absolute Gasteiger partial charge is 0.270 e. The van der Waals surface area contributed by atoms with Crippen LogP contribution in [-0.4, -0.2) is 49.7 Å². The number of rotatable bonds is 7. The fourth-order valence-electron chi connectivity index (χ4n) is 3.53. The molecule has 1 atom stereocenters. The third kappa shape index (κ3) is 5.69. The number of nitrogens with zero attached hydrogens (tertiary/aromatic N) is 1. The minimum atomic E-state index is -0.656. The van der Waals surface area contributed by atoms with Crippen LogP contribution in [0, 0.1) is 11.3 Å². The van der Waals surface area contributed by atoms with E-state index in [1.54, 1.807) is 13.1 Å². The lowest BCUT2D eigenvalue weighted by atomic mass is 9.86. The SMILES string of the molecule is CNC(=O)[C@@H](NC(=O)c1ccc(C2CC2)c(OCC2CCOCC2)n1)C(C)(C)C. The molecule has 2 aliphatic rings. The maximum atomic E-state index is 12.9. The third-order valence-corrected chi connectivity index (χ3v) is 5.59. The summed E-state index contributed by atoms with van der Waals surface area (Å²) >= 11 is 0. The first-order valence-electron chi connectivity index (χ1n) is 10.5. The van der Waals surface area contributed by atoms with Gasteiger partial charge in [0.05, 0.1) is 6.61 Å². The van der Waals surface area contributed by atoms with Crippen LogP contribution in [0.3, 0.4) is 0 Å². The van der Waals surface area contributed by atoms with E-state index in [1.807, 2.05) is 26.8 Å². The Bertz CT molecular complexity index is 734. The minimum absolute atomic E-state index is 0.226. The number of pyridine rings is 1. The van der Waals surface area contributed by atoms with Crippen molar-refractivity contribution in [3.05, 3.63) is 23.4 Å². The van der Waals surface area contributed by atoms with Crippen molar-refractivity contribution in [1.82, 2.24) is 15.6 Å². The van der Waals surface area contributed by atoms with Gasteiger partial charge in [-0.25, -0.2) is 4.98 Å². The average Bonchev–Trinajstić information content (AvgIpc) is 3.54. The number of ether oxygens (including phenoxy) is 2. The van der Waals surface area contributed by atoms with Crippen LogP contribution in [0.15, 0.2) is 12.1 Å². The van der Waals surface area contributed by atoms with Crippen LogP contribution < -0.4 is 15.4 Å². The Hall–Kier alpha value is -2.15. The van der Waals surface area contributed by atoms with Crippen LogP contribution >= 0.6 is 0 Å². The Morgan fingerprint density at radius 3 is 2.48 bits per heavy atom. The summed E-state index contributed by atoms with van der Waals surface area (Å²) in [6, 6.07) is 3.02. The van der Waals surface area contributed by atoms with Gasteiger partial charge in [-0.1, -0.05) is 26.8 Å². The van der Waals surface area contributed by atoms with Crippen molar-refractivity contribution in [2.24, 2.45) is 11.3 Å². The quantitative estimate of drug-likeness (QED) is 0.731. The molecule has 7 nitrogen and oxygen atoms in total. The van der Waals surface area contributed by atoms with E-state index in [0.717, 1.165) is 44.5 Å². The van der Waals surface area contributed by atoms with Gasteiger partial charge in [0, 0.05) is 25.8 Å². The third-order valence-electron chi connectivity index (χ3n) is 5.59. The van der Waals surface area contributed by atoms with E-state index >= 15 is 0 Å². The summed E-state index contributed by atoms with van der Waals surface area (Å²) in [6.45, 7) is 7.88. The van der Waals surface area contributed by atoms with Gasteiger partial charge in [0.2, 0.25) is 11.8 Å². The summed E-state index contributed by atoms with van der Waals surface area (Å²) in [5, 5.41) is 5.46. The largest absolute Gasteiger partial charge is 0.477 e. The molecular weight excluding hydrogens is 370 g/mol. The highest BCUT2D eigenvalue weighted by atomic mass is 16.5. The van der Waals surface area contributed by atoms with Gasteiger partial charge in [0.15, 0.2) is 0 Å². The molecule has 0 unspecified atom stereocenters. The first-order valence-corrected chi connectivity index (χ1v) is 10.5. The van der Waals surface area contributed by atoms with Crippen LogP contribution in [0.5, 0.6) is 5.88 Å². The number of hydrogen-bond acceptors (Lipinski definition) is 5. The van der Waals surface area contributed by atoms with Crippen molar-refractivity contribution in [3.63, 3.8) is 0 Å². The molecular formula is C22H33N3O4. The molecule has 2 amide bonds. The van der Waals surface area contributed by atoms with Gasteiger partial charge in [-0.15, -0.1) is 0 Å². The Kier molecular flexibility index (Phi) is 6.77. The van der Waals surface area contributed by atoms with Crippen LogP contribution in [0.25, 0.3) is 0 Å². The Labute approximate surface area is 172 Å². The predicted octanol–water partition coefficient (Wildman–Crippen LogP) is 2.65. The first kappa shape index (κ1) is 21.6. The molecule has 2 N–H and O–H groups in total. The lowest BCUT2D eigenvalue weighted by Gasteiger charge is -2.29. The maximum absolute atomic E-state index is 12.9. The standard InChI is InChI=1S/C22H33N3O4/c1-22(2,3)18(20(27)23-4)25-19(26)17-8-7-16(15-5-6-15)21(24-17)29-13-14-9-11-28-12-10-14/h7-8,14-15,18H,5-6,9-13H2,1-4H3,(H,23,27)(H,25,26)/t18-/m1/s1. The zero-order valence-electron chi connectivity index (χ0n) is 17.9. The van der Waals surface area contributed by atoms with Gasteiger partial charge in [0.1, 0.15) is 11.7 Å². The van der Waals surface area contributed by atoms with E-state index < -0.39 is 11.5 Å². The highest BCUT2D eigenvalue weighted by molar-refractivity contribution is 5.96. The molecule has 2 fully saturated rings. The van der Waals surface area contributed by atoms with Crippen LogP contribution in [-0.2, 0) is 9.53 Å². The van der Waals surface area contributed by atoms with Crippen molar-refractivity contribution in [3.8, 4) is 5.88 Å². The van der Waals surface area contributed by atoms with Gasteiger partial charge < -0.3 is 20.1 Å². The zero-order valence-corrected chi connectivity index (χ0v) is 17.9. The molecule has 29 heavy (non-hydrogen) atoms. The van der Waals surface area contributed by atoms with E-state index in [0.29, 0.717) is 24.3 Å². The fourth-order valence-corrected chi connectivity index (χ4v) is 3.53. The monoisotopic (exact) mass is 403 g/mol. The molecule has 1 aliphatic carbocycles. The number of likely N-dealkylation sites (N-methyl/N-ethyl adjacent to an activating group) is 1. The molecule has 0 radical (unpaired) electrons. The van der Waals surface area contributed by atoms with Gasteiger partial charge in [-0.2, -0.15) is 0 Å². The number of hydrogen-bond donors (Lipinski definition) is 2. The Morgan fingerprint density at radius 2 is 1.90 bits per heavy atom. The first-order chi connectivity index (χ1) is 13.8. The Morgan fingerprint density at radius 1 is 1.21 bits per heavy atom. The Balaban J connectivity index is 1.74. The molecule has 3 rings (SSSR count). The van der Waals surface area contributed by atoms with Crippen molar-refractivity contribution >= 4 is 11.8 Å². The van der Waals surface area contributed by atoms with Crippen molar-refractivity contribution in [1.29, 1.82) is 0 Å². The number of nitrogens with one attached hydrogen (secondary N) is 2. The molecule has 1 saturated heterocycles. The summed E-state index contributed by atoms with van der Waals surface area (Å²) in [5.74, 6) is 0.883. The van der Waals surface area contributed by atoms with E-state index in [4.69, 9.17) is 9.47 Å². The molecule has 0 aromatic carbocycles. The second-order valence-electron chi connectivity index (χ2n) is 9.12. The fraction of sp³-hybridized carbons (Fsp3) is 0.682. The van der Waals surface area contributed by atoms with E-state index in [9.17, 15) is 9.59 Å². The summed E-state index contributed by atoms with van der Waals surface area (Å²) in [6.07, 6.45) is 4.23. The van der Waals surface area contributed by atoms with Crippen molar-refractivity contribution in [2.45, 2.75) is 58.4 Å². The molecule has 0 bridgehead atoms.